The van der Waals surface area contributed by atoms with Crippen LogP contribution in [0.5, 0.6) is 0 Å². The van der Waals surface area contributed by atoms with Gasteiger partial charge in [0.2, 0.25) is 0 Å². The summed E-state index contributed by atoms with van der Waals surface area (Å²) in [7, 11) is 0. The van der Waals surface area contributed by atoms with Gasteiger partial charge in [0, 0.05) is 6.20 Å². The van der Waals surface area contributed by atoms with Crippen LogP contribution in [-0.4, -0.2) is 16.9 Å². The van der Waals surface area contributed by atoms with Gasteiger partial charge in [-0.05, 0) is 42.0 Å². The monoisotopic (exact) mass is 360 g/mol. The summed E-state index contributed by atoms with van der Waals surface area (Å²) in [6.45, 7) is 0. The first kappa shape index (κ1) is 17.9. The number of benzene rings is 2. The van der Waals surface area contributed by atoms with E-state index in [0.29, 0.717) is 11.4 Å². The molecule has 1 amide bonds. The Bertz CT molecular complexity index is 926. The van der Waals surface area contributed by atoms with E-state index >= 15 is 0 Å². The van der Waals surface area contributed by atoms with Gasteiger partial charge in [-0.3, -0.25) is 9.78 Å². The van der Waals surface area contributed by atoms with Gasteiger partial charge in [0.1, 0.15) is 5.69 Å². The third kappa shape index (κ3) is 5.57. The van der Waals surface area contributed by atoms with E-state index in [0.717, 1.165) is 5.56 Å². The second-order valence-electron chi connectivity index (χ2n) is 5.51. The lowest BCUT2D eigenvalue weighted by Crippen LogP contribution is -2.12. The molecule has 0 aliphatic rings. The highest BCUT2D eigenvalue weighted by Gasteiger charge is 2.06. The maximum absolute atomic E-state index is 11.8. The Labute approximate surface area is 155 Å². The molecule has 7 heteroatoms. The number of amides is 1. The van der Waals surface area contributed by atoms with Gasteiger partial charge in [-0.15, -0.1) is 10.2 Å². The topological polar surface area (TPSA) is 93.0 Å². The fourth-order valence-corrected chi connectivity index (χ4v) is 2.15. The molecule has 2 aromatic carbocycles. The first-order valence-electron chi connectivity index (χ1n) is 8.17. The maximum atomic E-state index is 11.8. The van der Waals surface area contributed by atoms with Crippen LogP contribution in [0.2, 0.25) is 0 Å². The lowest BCUT2D eigenvalue weighted by molar-refractivity contribution is -0.139. The summed E-state index contributed by atoms with van der Waals surface area (Å²) in [5.41, 5.74) is 4.75. The van der Waals surface area contributed by atoms with E-state index in [9.17, 15) is 9.59 Å². The number of rotatable bonds is 6. The average molecular weight is 360 g/mol. The number of azo groups is 1. The van der Waals surface area contributed by atoms with E-state index < -0.39 is 11.9 Å². The molecular weight excluding hydrogens is 344 g/mol. The molecule has 0 saturated heterocycles. The number of carbonyl (C=O) groups is 2. The normalized spacial score (nSPS) is 10.5. The van der Waals surface area contributed by atoms with E-state index in [-0.39, 0.29) is 12.1 Å². The fraction of sp³-hybridized carbons (Fsp3) is 0.0500. The van der Waals surface area contributed by atoms with Crippen molar-refractivity contribution in [1.82, 2.24) is 4.98 Å². The Hall–Kier alpha value is -3.87. The molecule has 0 saturated carbocycles. The second kappa shape index (κ2) is 9.00. The zero-order valence-corrected chi connectivity index (χ0v) is 14.3. The van der Waals surface area contributed by atoms with Gasteiger partial charge in [0.15, 0.2) is 0 Å². The highest BCUT2D eigenvalue weighted by molar-refractivity contribution is 5.92. The van der Waals surface area contributed by atoms with Crippen molar-refractivity contribution in [2.24, 2.45) is 10.2 Å². The zero-order chi connectivity index (χ0) is 18.9. The van der Waals surface area contributed by atoms with Gasteiger partial charge in [0.25, 0.3) is 0 Å². The molecule has 27 heavy (non-hydrogen) atoms. The lowest BCUT2D eigenvalue weighted by atomic mass is 10.2. The molecule has 0 aliphatic heterocycles. The molecule has 1 N–H and O–H groups in total. The van der Waals surface area contributed by atoms with E-state index in [1.807, 2.05) is 30.3 Å². The van der Waals surface area contributed by atoms with Crippen molar-refractivity contribution in [3.8, 4) is 0 Å². The van der Waals surface area contributed by atoms with Crippen LogP contribution in [0.4, 0.5) is 11.4 Å². The van der Waals surface area contributed by atoms with Gasteiger partial charge in [-0.1, -0.05) is 36.4 Å². The largest absolute Gasteiger partial charge is 0.343 e. The van der Waals surface area contributed by atoms with Crippen molar-refractivity contribution in [2.45, 2.75) is 6.42 Å². The van der Waals surface area contributed by atoms with Crippen molar-refractivity contribution in [3.63, 3.8) is 0 Å². The fourth-order valence-electron chi connectivity index (χ4n) is 2.15. The third-order valence-corrected chi connectivity index (χ3v) is 3.48. The third-order valence-electron chi connectivity index (χ3n) is 3.48. The van der Waals surface area contributed by atoms with Crippen molar-refractivity contribution in [1.29, 1.82) is 0 Å². The Morgan fingerprint density at radius 3 is 2.37 bits per heavy atom. The summed E-state index contributed by atoms with van der Waals surface area (Å²) < 4.78 is 0. The Kier molecular flexibility index (Phi) is 5.98. The minimum absolute atomic E-state index is 0.176. The number of carbonyl (C=O) groups excluding carboxylic acids is 2. The van der Waals surface area contributed by atoms with Crippen molar-refractivity contribution in [2.75, 3.05) is 5.48 Å². The highest BCUT2D eigenvalue weighted by Crippen LogP contribution is 2.17. The predicted octanol–water partition coefficient (Wildman–Crippen LogP) is 4.12. The smallest absolute Gasteiger partial charge is 0.336 e. The lowest BCUT2D eigenvalue weighted by Gasteiger charge is -2.07. The number of nitrogens with zero attached hydrogens (tertiary/aromatic N) is 3. The second-order valence-corrected chi connectivity index (χ2v) is 5.51. The van der Waals surface area contributed by atoms with E-state index in [2.05, 4.69) is 20.7 Å². The number of pyridine rings is 1. The zero-order valence-electron chi connectivity index (χ0n) is 14.3. The van der Waals surface area contributed by atoms with Crippen LogP contribution in [0.3, 0.4) is 0 Å². The summed E-state index contributed by atoms with van der Waals surface area (Å²) in [6.07, 6.45) is 1.69. The molecule has 3 aromatic rings. The van der Waals surface area contributed by atoms with Gasteiger partial charge >= 0.3 is 11.9 Å². The summed E-state index contributed by atoms with van der Waals surface area (Å²) in [5, 5.41) is 7.51. The molecular formula is C20H16N4O3. The van der Waals surface area contributed by atoms with Gasteiger partial charge in [-0.25, -0.2) is 10.3 Å². The molecule has 0 spiro atoms. The molecule has 0 bridgehead atoms. The summed E-state index contributed by atoms with van der Waals surface area (Å²) in [5.74, 6) is -0.918. The minimum Gasteiger partial charge on any atom is -0.343 e. The maximum Gasteiger partial charge on any atom is 0.336 e. The van der Waals surface area contributed by atoms with Crippen LogP contribution in [0.25, 0.3) is 0 Å². The molecule has 0 unspecified atom stereocenters. The van der Waals surface area contributed by atoms with Crippen LogP contribution >= 0.6 is 0 Å². The Morgan fingerprint density at radius 1 is 0.926 bits per heavy atom. The van der Waals surface area contributed by atoms with E-state index in [1.54, 1.807) is 42.5 Å². The molecule has 7 nitrogen and oxygen atoms in total. The summed E-state index contributed by atoms with van der Waals surface area (Å²) >= 11 is 0. The SMILES string of the molecule is O=C(Cc1ccccc1)ONc1ccc(N=NC(=O)c2ccccn2)cc1. The van der Waals surface area contributed by atoms with Crippen molar-refractivity contribution < 1.29 is 14.4 Å². The summed E-state index contributed by atoms with van der Waals surface area (Å²) in [6, 6.07) is 20.9. The van der Waals surface area contributed by atoms with Gasteiger partial charge in [0.05, 0.1) is 17.8 Å². The van der Waals surface area contributed by atoms with E-state index in [1.165, 1.54) is 6.20 Å². The van der Waals surface area contributed by atoms with Crippen LogP contribution in [0.15, 0.2) is 89.2 Å². The quantitative estimate of drug-likeness (QED) is 0.527. The molecule has 1 heterocycles. The van der Waals surface area contributed by atoms with Crippen LogP contribution < -0.4 is 5.48 Å². The molecule has 0 aliphatic carbocycles. The van der Waals surface area contributed by atoms with E-state index in [4.69, 9.17) is 4.84 Å². The Morgan fingerprint density at radius 2 is 1.67 bits per heavy atom. The summed E-state index contributed by atoms with van der Waals surface area (Å²) in [4.78, 5) is 32.6. The van der Waals surface area contributed by atoms with Crippen LogP contribution in [0, 0.1) is 0 Å². The van der Waals surface area contributed by atoms with Gasteiger partial charge in [-0.2, -0.15) is 0 Å². The highest BCUT2D eigenvalue weighted by atomic mass is 16.7. The number of aromatic nitrogens is 1. The molecule has 134 valence electrons. The van der Waals surface area contributed by atoms with Crippen LogP contribution in [-0.2, 0) is 16.1 Å². The minimum atomic E-state index is -0.521. The molecule has 3 rings (SSSR count). The molecule has 0 radical (unpaired) electrons. The number of nitrogens with one attached hydrogen (secondary N) is 1. The molecule has 0 atom stereocenters. The number of anilines is 1. The Balaban J connectivity index is 1.50. The average Bonchev–Trinajstić information content (AvgIpc) is 2.72. The van der Waals surface area contributed by atoms with Gasteiger partial charge < -0.3 is 4.84 Å². The first-order valence-corrected chi connectivity index (χ1v) is 8.17. The predicted molar refractivity (Wildman–Crippen MR) is 99.4 cm³/mol. The molecule has 1 aromatic heterocycles. The van der Waals surface area contributed by atoms with Crippen molar-refractivity contribution in [3.05, 3.63) is 90.3 Å². The van der Waals surface area contributed by atoms with Crippen molar-refractivity contribution >= 4 is 23.3 Å². The molecule has 0 fully saturated rings. The van der Waals surface area contributed by atoms with Crippen LogP contribution in [0.1, 0.15) is 16.1 Å². The number of hydrogen-bond donors (Lipinski definition) is 1. The standard InChI is InChI=1S/C20H16N4O3/c25-19(14-15-6-2-1-3-7-15)27-24-17-11-9-16(10-12-17)22-23-20(26)18-8-4-5-13-21-18/h1-13,24H,14H2. The first-order chi connectivity index (χ1) is 13.2. The number of hydrogen-bond acceptors (Lipinski definition) is 6.